The normalized spacial score (nSPS) is 18.4. The summed E-state index contributed by atoms with van der Waals surface area (Å²) in [6.45, 7) is 5.92. The van der Waals surface area contributed by atoms with Crippen LogP contribution in [0.3, 0.4) is 0 Å². The molecule has 12 heteroatoms. The van der Waals surface area contributed by atoms with E-state index in [2.05, 4.69) is 15.2 Å². The molecule has 0 aliphatic carbocycles. The van der Waals surface area contributed by atoms with E-state index in [0.717, 1.165) is 29.9 Å². The molecular formula is C23H24ClFN4O4S2. The topological polar surface area (TPSA) is 91.8 Å². The van der Waals surface area contributed by atoms with Crippen LogP contribution in [0.5, 0.6) is 0 Å². The second-order valence-electron chi connectivity index (χ2n) is 8.66. The zero-order valence-electron chi connectivity index (χ0n) is 19.1. The van der Waals surface area contributed by atoms with Gasteiger partial charge in [0, 0.05) is 36.1 Å². The predicted octanol–water partition coefficient (Wildman–Crippen LogP) is 4.60. The number of thiazole rings is 1. The van der Waals surface area contributed by atoms with E-state index in [4.69, 9.17) is 16.4 Å². The number of aryl methyl sites for hydroxylation is 1. The molecule has 0 radical (unpaired) electrons. The van der Waals surface area contributed by atoms with Crippen molar-refractivity contribution in [1.82, 2.24) is 9.88 Å². The van der Waals surface area contributed by atoms with Crippen LogP contribution in [-0.2, 0) is 26.2 Å². The Morgan fingerprint density at radius 1 is 1.34 bits per heavy atom. The zero-order valence-corrected chi connectivity index (χ0v) is 21.5. The summed E-state index contributed by atoms with van der Waals surface area (Å²) in [5, 5.41) is 5.05. The monoisotopic (exact) mass is 538 g/mol. The van der Waals surface area contributed by atoms with Crippen molar-refractivity contribution in [3.05, 3.63) is 69.3 Å². The van der Waals surface area contributed by atoms with Gasteiger partial charge in [0.05, 0.1) is 21.1 Å². The molecule has 8 nitrogen and oxygen atoms in total. The average molecular weight is 539 g/mol. The van der Waals surface area contributed by atoms with E-state index in [1.165, 1.54) is 29.1 Å². The summed E-state index contributed by atoms with van der Waals surface area (Å²) < 4.78 is 40.8. The highest BCUT2D eigenvalue weighted by Gasteiger charge is 2.35. The van der Waals surface area contributed by atoms with Crippen molar-refractivity contribution < 1.29 is 22.4 Å². The molecule has 2 heterocycles. The van der Waals surface area contributed by atoms with Gasteiger partial charge in [-0.3, -0.25) is 9.69 Å². The van der Waals surface area contributed by atoms with Gasteiger partial charge in [-0.15, -0.1) is 11.3 Å². The van der Waals surface area contributed by atoms with Gasteiger partial charge in [-0.2, -0.15) is 8.42 Å². The summed E-state index contributed by atoms with van der Waals surface area (Å²) in [7, 11) is -4.25. The lowest BCUT2D eigenvalue weighted by atomic mass is 10.0. The van der Waals surface area contributed by atoms with Crippen LogP contribution in [0.4, 0.5) is 15.9 Å². The number of nitrogens with zero attached hydrogens (tertiary/aromatic N) is 3. The quantitative estimate of drug-likeness (QED) is 0.314. The molecule has 1 aromatic heterocycles. The third-order valence-corrected chi connectivity index (χ3v) is 8.23. The minimum absolute atomic E-state index is 0.0176. The molecule has 0 spiro atoms. The van der Waals surface area contributed by atoms with E-state index in [-0.39, 0.29) is 33.6 Å². The Labute approximate surface area is 212 Å². The summed E-state index contributed by atoms with van der Waals surface area (Å²) in [5.74, 6) is -0.258. The fraction of sp³-hybridized carbons (Fsp3) is 0.304. The smallest absolute Gasteiger partial charge is 0.322 e. The van der Waals surface area contributed by atoms with Crippen molar-refractivity contribution in [3.63, 3.8) is 0 Å². The van der Waals surface area contributed by atoms with E-state index < -0.39 is 10.0 Å². The molecule has 35 heavy (non-hydrogen) atoms. The number of nitrogens with one attached hydrogen (secondary N) is 1. The van der Waals surface area contributed by atoms with Crippen molar-refractivity contribution in [3.8, 4) is 0 Å². The van der Waals surface area contributed by atoms with Crippen molar-refractivity contribution in [2.45, 2.75) is 37.2 Å². The van der Waals surface area contributed by atoms with Crippen LogP contribution in [0.1, 0.15) is 24.5 Å². The SMILES string of the molecule is Cc1ccc(F)c(CN2CC[C@](C)(Nc3ccc(S(=O)(=O)N(OC=O)c4cscn4)cc3Cl)C2)c1. The summed E-state index contributed by atoms with van der Waals surface area (Å²) in [6.07, 6.45) is 0.793. The van der Waals surface area contributed by atoms with Crippen molar-refractivity contribution >= 4 is 50.9 Å². The van der Waals surface area contributed by atoms with Gasteiger partial charge < -0.3 is 10.2 Å². The second-order valence-corrected chi connectivity index (χ2v) is 11.5. The molecule has 1 N–H and O–H groups in total. The van der Waals surface area contributed by atoms with Crippen LogP contribution in [0.25, 0.3) is 0 Å². The minimum Gasteiger partial charge on any atom is -0.377 e. The van der Waals surface area contributed by atoms with Crippen molar-refractivity contribution in [2.75, 3.05) is 22.9 Å². The third-order valence-electron chi connectivity index (χ3n) is 5.79. The Hall–Kier alpha value is -2.73. The molecular weight excluding hydrogens is 515 g/mol. The molecule has 186 valence electrons. The van der Waals surface area contributed by atoms with Crippen LogP contribution >= 0.6 is 22.9 Å². The zero-order chi connectivity index (χ0) is 25.2. The third kappa shape index (κ3) is 5.58. The second kappa shape index (κ2) is 10.1. The number of likely N-dealkylation sites (tertiary alicyclic amines) is 1. The summed E-state index contributed by atoms with van der Waals surface area (Å²) in [6, 6.07) is 9.35. The minimum atomic E-state index is -4.25. The number of carbonyl (C=O) groups excluding carboxylic acids is 1. The van der Waals surface area contributed by atoms with Crippen LogP contribution in [-0.4, -0.2) is 43.4 Å². The Morgan fingerprint density at radius 2 is 2.14 bits per heavy atom. The molecule has 3 aromatic rings. The standard InChI is InChI=1S/C23H24ClFN4O4S2/c1-16-3-5-20(25)17(9-16)11-28-8-7-23(2,13-28)27-21-6-4-18(10-19(21)24)35(31,32)29(33-15-30)22-12-34-14-26-22/h3-6,9-10,12,14-15,27H,7-8,11,13H2,1-2H3/t23-/m0/s1. The number of halogens is 2. The van der Waals surface area contributed by atoms with Crippen LogP contribution in [0.2, 0.25) is 5.02 Å². The lowest BCUT2D eigenvalue weighted by molar-refractivity contribution is -0.128. The fourth-order valence-electron chi connectivity index (χ4n) is 4.11. The van der Waals surface area contributed by atoms with E-state index >= 15 is 0 Å². The Morgan fingerprint density at radius 3 is 2.83 bits per heavy atom. The first-order valence-corrected chi connectivity index (χ1v) is 13.5. The Balaban J connectivity index is 1.49. The molecule has 2 aromatic carbocycles. The number of carbonyl (C=O) groups is 1. The Kier molecular flexibility index (Phi) is 7.32. The molecule has 1 aliphatic rings. The molecule has 1 atom stereocenters. The first-order valence-electron chi connectivity index (χ1n) is 10.7. The maximum absolute atomic E-state index is 14.2. The van der Waals surface area contributed by atoms with Gasteiger partial charge in [0.1, 0.15) is 5.82 Å². The summed E-state index contributed by atoms with van der Waals surface area (Å²) >= 11 is 7.61. The average Bonchev–Trinajstić information content (AvgIpc) is 3.46. The number of benzene rings is 2. The number of sulfonamides is 1. The Bertz CT molecular complexity index is 1320. The summed E-state index contributed by atoms with van der Waals surface area (Å²) in [5.41, 5.74) is 3.30. The highest BCUT2D eigenvalue weighted by molar-refractivity contribution is 7.92. The molecule has 0 saturated carbocycles. The predicted molar refractivity (Wildman–Crippen MR) is 133 cm³/mol. The van der Waals surface area contributed by atoms with Gasteiger partial charge >= 0.3 is 6.47 Å². The lowest BCUT2D eigenvalue weighted by Crippen LogP contribution is -2.38. The van der Waals surface area contributed by atoms with E-state index in [1.54, 1.807) is 12.1 Å². The van der Waals surface area contributed by atoms with Crippen LogP contribution < -0.4 is 9.79 Å². The summed E-state index contributed by atoms with van der Waals surface area (Å²) in [4.78, 5) is 21.5. The number of anilines is 2. The van der Waals surface area contributed by atoms with Gasteiger partial charge in [-0.1, -0.05) is 33.8 Å². The number of rotatable bonds is 9. The maximum Gasteiger partial charge on any atom is 0.322 e. The lowest BCUT2D eigenvalue weighted by Gasteiger charge is -2.28. The van der Waals surface area contributed by atoms with Gasteiger partial charge in [0.15, 0.2) is 5.82 Å². The molecule has 0 amide bonds. The van der Waals surface area contributed by atoms with Gasteiger partial charge in [-0.25, -0.2) is 9.37 Å². The van der Waals surface area contributed by atoms with E-state index in [0.29, 0.717) is 28.8 Å². The number of hydrogen-bond donors (Lipinski definition) is 1. The molecule has 4 rings (SSSR count). The van der Waals surface area contributed by atoms with Crippen molar-refractivity contribution in [2.24, 2.45) is 0 Å². The molecule has 1 saturated heterocycles. The first kappa shape index (κ1) is 25.4. The highest BCUT2D eigenvalue weighted by Crippen LogP contribution is 2.33. The largest absolute Gasteiger partial charge is 0.377 e. The van der Waals surface area contributed by atoms with Gasteiger partial charge in [-0.05, 0) is 44.5 Å². The van der Waals surface area contributed by atoms with Gasteiger partial charge in [0.2, 0.25) is 0 Å². The molecule has 1 fully saturated rings. The number of hydrogen-bond acceptors (Lipinski definition) is 8. The molecule has 0 bridgehead atoms. The first-order chi connectivity index (χ1) is 16.6. The fourth-order valence-corrected chi connectivity index (χ4v) is 6.17. The maximum atomic E-state index is 14.2. The highest BCUT2D eigenvalue weighted by atomic mass is 35.5. The number of aromatic nitrogens is 1. The van der Waals surface area contributed by atoms with Crippen LogP contribution in [0.15, 0.2) is 52.2 Å². The van der Waals surface area contributed by atoms with Crippen molar-refractivity contribution in [1.29, 1.82) is 0 Å². The van der Waals surface area contributed by atoms with Crippen LogP contribution in [0, 0.1) is 12.7 Å². The van der Waals surface area contributed by atoms with E-state index in [9.17, 15) is 17.6 Å². The van der Waals surface area contributed by atoms with E-state index in [1.807, 2.05) is 19.9 Å². The molecule has 1 aliphatic heterocycles. The van der Waals surface area contributed by atoms with Gasteiger partial charge in [0.25, 0.3) is 10.0 Å². The molecule has 0 unspecified atom stereocenters.